The predicted molar refractivity (Wildman–Crippen MR) is 100 cm³/mol. The van der Waals surface area contributed by atoms with E-state index >= 15 is 0 Å². The van der Waals surface area contributed by atoms with Gasteiger partial charge in [-0.25, -0.2) is 0 Å². The SMILES string of the molecule is CC(C)(C)c1c(NC(=O)C2CCCO2)cccc1NC(=O)C1CCCO1. The summed E-state index contributed by atoms with van der Waals surface area (Å²) >= 11 is 0. The molecule has 2 unspecified atom stereocenters. The molecule has 0 aliphatic carbocycles. The first-order chi connectivity index (χ1) is 12.4. The number of hydrogen-bond acceptors (Lipinski definition) is 4. The lowest BCUT2D eigenvalue weighted by Crippen LogP contribution is -2.30. The molecule has 26 heavy (non-hydrogen) atoms. The Balaban J connectivity index is 1.84. The zero-order valence-electron chi connectivity index (χ0n) is 15.8. The van der Waals surface area contributed by atoms with Crippen molar-refractivity contribution in [1.29, 1.82) is 0 Å². The molecule has 6 nitrogen and oxygen atoms in total. The second-order valence-electron chi connectivity index (χ2n) is 7.96. The fourth-order valence-corrected chi connectivity index (χ4v) is 3.56. The highest BCUT2D eigenvalue weighted by Gasteiger charge is 2.29. The highest BCUT2D eigenvalue weighted by Crippen LogP contribution is 2.36. The minimum absolute atomic E-state index is 0.129. The van der Waals surface area contributed by atoms with Crippen molar-refractivity contribution in [2.45, 2.75) is 64.1 Å². The van der Waals surface area contributed by atoms with E-state index in [0.29, 0.717) is 24.6 Å². The van der Waals surface area contributed by atoms with Crippen molar-refractivity contribution in [3.8, 4) is 0 Å². The van der Waals surface area contributed by atoms with Crippen molar-refractivity contribution in [2.24, 2.45) is 0 Å². The summed E-state index contributed by atoms with van der Waals surface area (Å²) in [5.41, 5.74) is 2.06. The van der Waals surface area contributed by atoms with Crippen LogP contribution in [0.5, 0.6) is 0 Å². The number of anilines is 2. The summed E-state index contributed by atoms with van der Waals surface area (Å²) in [5.74, 6) is -0.258. The minimum Gasteiger partial charge on any atom is -0.368 e. The maximum absolute atomic E-state index is 12.5. The molecule has 2 fully saturated rings. The Kier molecular flexibility index (Phi) is 5.63. The highest BCUT2D eigenvalue weighted by atomic mass is 16.5. The van der Waals surface area contributed by atoms with E-state index in [2.05, 4.69) is 31.4 Å². The lowest BCUT2D eigenvalue weighted by atomic mass is 9.84. The van der Waals surface area contributed by atoms with E-state index in [1.54, 1.807) is 0 Å². The molecule has 2 aliphatic rings. The molecular formula is C20H28N2O4. The Morgan fingerprint density at radius 1 is 0.923 bits per heavy atom. The van der Waals surface area contributed by atoms with Gasteiger partial charge in [0.15, 0.2) is 0 Å². The molecule has 0 aromatic heterocycles. The van der Waals surface area contributed by atoms with Gasteiger partial charge in [0.2, 0.25) is 0 Å². The van der Waals surface area contributed by atoms with Gasteiger partial charge in [-0.15, -0.1) is 0 Å². The molecular weight excluding hydrogens is 332 g/mol. The van der Waals surface area contributed by atoms with Crippen LogP contribution in [0.3, 0.4) is 0 Å². The summed E-state index contributed by atoms with van der Waals surface area (Å²) in [6.45, 7) is 7.44. The number of carbonyl (C=O) groups is 2. The molecule has 1 aromatic carbocycles. The predicted octanol–water partition coefficient (Wildman–Crippen LogP) is 3.22. The van der Waals surface area contributed by atoms with Crippen LogP contribution in [0.1, 0.15) is 52.0 Å². The number of amides is 2. The van der Waals surface area contributed by atoms with Crippen molar-refractivity contribution in [1.82, 2.24) is 0 Å². The molecule has 2 N–H and O–H groups in total. The number of ether oxygens (including phenoxy) is 2. The van der Waals surface area contributed by atoms with Gasteiger partial charge < -0.3 is 20.1 Å². The molecule has 0 radical (unpaired) electrons. The van der Waals surface area contributed by atoms with Crippen molar-refractivity contribution < 1.29 is 19.1 Å². The Hall–Kier alpha value is -1.92. The second-order valence-corrected chi connectivity index (χ2v) is 7.96. The van der Waals surface area contributed by atoms with Crippen molar-refractivity contribution >= 4 is 23.2 Å². The van der Waals surface area contributed by atoms with Crippen LogP contribution in [0.15, 0.2) is 18.2 Å². The summed E-state index contributed by atoms with van der Waals surface area (Å²) < 4.78 is 11.0. The van der Waals surface area contributed by atoms with Crippen LogP contribution in [0, 0.1) is 0 Å². The van der Waals surface area contributed by atoms with E-state index in [0.717, 1.165) is 31.2 Å². The third-order valence-corrected chi connectivity index (χ3v) is 4.77. The Bertz CT molecular complexity index is 621. The van der Waals surface area contributed by atoms with Gasteiger partial charge in [-0.1, -0.05) is 26.8 Å². The Morgan fingerprint density at radius 3 is 1.73 bits per heavy atom. The molecule has 2 saturated heterocycles. The largest absolute Gasteiger partial charge is 0.368 e. The maximum Gasteiger partial charge on any atom is 0.253 e. The monoisotopic (exact) mass is 360 g/mol. The van der Waals surface area contributed by atoms with Crippen LogP contribution in [0.4, 0.5) is 11.4 Å². The zero-order chi connectivity index (χ0) is 18.7. The molecule has 142 valence electrons. The van der Waals surface area contributed by atoms with Gasteiger partial charge in [0, 0.05) is 30.2 Å². The Morgan fingerprint density at radius 2 is 1.38 bits per heavy atom. The van der Waals surface area contributed by atoms with Crippen LogP contribution in [0.25, 0.3) is 0 Å². The quantitative estimate of drug-likeness (QED) is 0.864. The second kappa shape index (κ2) is 7.76. The smallest absolute Gasteiger partial charge is 0.253 e. The van der Waals surface area contributed by atoms with E-state index in [9.17, 15) is 9.59 Å². The molecule has 0 saturated carbocycles. The van der Waals surface area contributed by atoms with Gasteiger partial charge in [-0.2, -0.15) is 0 Å². The molecule has 6 heteroatoms. The first-order valence-corrected chi connectivity index (χ1v) is 9.34. The highest BCUT2D eigenvalue weighted by molar-refractivity contribution is 5.99. The summed E-state index contributed by atoms with van der Waals surface area (Å²) in [4.78, 5) is 25.0. The van der Waals surface area contributed by atoms with Gasteiger partial charge in [0.25, 0.3) is 11.8 Å². The lowest BCUT2D eigenvalue weighted by Gasteiger charge is -2.27. The van der Waals surface area contributed by atoms with E-state index in [-0.39, 0.29) is 17.2 Å². The molecule has 0 bridgehead atoms. The van der Waals surface area contributed by atoms with E-state index in [4.69, 9.17) is 9.47 Å². The fraction of sp³-hybridized carbons (Fsp3) is 0.600. The fourth-order valence-electron chi connectivity index (χ4n) is 3.56. The molecule has 3 rings (SSSR count). The number of hydrogen-bond donors (Lipinski definition) is 2. The van der Waals surface area contributed by atoms with Gasteiger partial charge in [0.05, 0.1) is 0 Å². The summed E-state index contributed by atoms with van der Waals surface area (Å²) in [6.07, 6.45) is 2.50. The van der Waals surface area contributed by atoms with Crippen LogP contribution >= 0.6 is 0 Å². The molecule has 2 amide bonds. The van der Waals surface area contributed by atoms with Crippen LogP contribution in [-0.4, -0.2) is 37.2 Å². The number of nitrogens with one attached hydrogen (secondary N) is 2. The minimum atomic E-state index is -0.395. The Labute approximate surface area is 154 Å². The van der Waals surface area contributed by atoms with Crippen molar-refractivity contribution in [2.75, 3.05) is 23.8 Å². The average Bonchev–Trinajstić information content (AvgIpc) is 3.27. The van der Waals surface area contributed by atoms with Crippen LogP contribution < -0.4 is 10.6 Å². The van der Waals surface area contributed by atoms with Gasteiger partial charge in [0.1, 0.15) is 12.2 Å². The topological polar surface area (TPSA) is 76.7 Å². The average molecular weight is 360 g/mol. The van der Waals surface area contributed by atoms with Crippen LogP contribution in [0.2, 0.25) is 0 Å². The number of rotatable bonds is 4. The zero-order valence-corrected chi connectivity index (χ0v) is 15.8. The molecule has 2 heterocycles. The summed E-state index contributed by atoms with van der Waals surface area (Å²) in [7, 11) is 0. The van der Waals surface area contributed by atoms with E-state index in [1.165, 1.54) is 0 Å². The number of carbonyl (C=O) groups excluding carboxylic acids is 2. The third kappa shape index (κ3) is 4.24. The maximum atomic E-state index is 12.5. The first kappa shape index (κ1) is 18.9. The summed E-state index contributed by atoms with van der Waals surface area (Å²) in [6, 6.07) is 5.58. The van der Waals surface area contributed by atoms with E-state index < -0.39 is 12.2 Å². The van der Waals surface area contributed by atoms with E-state index in [1.807, 2.05) is 18.2 Å². The molecule has 0 spiro atoms. The van der Waals surface area contributed by atoms with Crippen molar-refractivity contribution in [3.63, 3.8) is 0 Å². The van der Waals surface area contributed by atoms with Crippen LogP contribution in [-0.2, 0) is 24.5 Å². The standard InChI is InChI=1S/C20H28N2O4/c1-20(2,3)17-13(21-18(23)15-9-5-11-25-15)7-4-8-14(17)22-19(24)16-10-6-12-26-16/h4,7-8,15-16H,5-6,9-12H2,1-3H3,(H,21,23)(H,22,24). The summed E-state index contributed by atoms with van der Waals surface area (Å²) in [5, 5.41) is 5.99. The third-order valence-electron chi connectivity index (χ3n) is 4.77. The van der Waals surface area contributed by atoms with Gasteiger partial charge >= 0.3 is 0 Å². The number of benzene rings is 1. The van der Waals surface area contributed by atoms with Gasteiger partial charge in [-0.05, 0) is 43.2 Å². The van der Waals surface area contributed by atoms with Gasteiger partial charge in [-0.3, -0.25) is 9.59 Å². The lowest BCUT2D eigenvalue weighted by molar-refractivity contribution is -0.125. The molecule has 2 atom stereocenters. The molecule has 1 aromatic rings. The van der Waals surface area contributed by atoms with Crippen molar-refractivity contribution in [3.05, 3.63) is 23.8 Å². The molecule has 2 aliphatic heterocycles. The first-order valence-electron chi connectivity index (χ1n) is 9.34. The normalized spacial score (nSPS) is 23.0.